The van der Waals surface area contributed by atoms with Gasteiger partial charge in [-0.15, -0.1) is 11.3 Å². The molecule has 1 aromatic carbocycles. The van der Waals surface area contributed by atoms with Gasteiger partial charge in [0, 0.05) is 17.9 Å². The molecule has 0 saturated carbocycles. The molecule has 1 fully saturated rings. The van der Waals surface area contributed by atoms with Gasteiger partial charge in [0.25, 0.3) is 5.91 Å². The molecule has 5 nitrogen and oxygen atoms in total. The highest BCUT2D eigenvalue weighted by atomic mass is 32.1. The molecule has 0 spiro atoms. The van der Waals surface area contributed by atoms with Crippen molar-refractivity contribution in [2.45, 2.75) is 32.5 Å². The zero-order valence-corrected chi connectivity index (χ0v) is 14.4. The molecule has 2 heterocycles. The normalized spacial score (nSPS) is 17.5. The van der Waals surface area contributed by atoms with E-state index in [0.29, 0.717) is 23.8 Å². The summed E-state index contributed by atoms with van der Waals surface area (Å²) >= 11 is 1.39. The van der Waals surface area contributed by atoms with Crippen LogP contribution in [0.3, 0.4) is 0 Å². The molecular weight excluding hydrogens is 326 g/mol. The zero-order chi connectivity index (χ0) is 16.8. The standard InChI is InChI=1S/C18H21NO4S/c1-2-21-14-12-15(13-8-4-3-5-9-13)24-17(14)18(20)19-23-16-10-6-7-11-22-16/h3-5,8-9,12,16H,2,6-7,10-11H2,1H3,(H,19,20). The van der Waals surface area contributed by atoms with Crippen molar-refractivity contribution in [2.24, 2.45) is 0 Å². The van der Waals surface area contributed by atoms with E-state index in [1.807, 2.05) is 43.3 Å². The number of carbonyl (C=O) groups excluding carboxylic acids is 1. The fourth-order valence-corrected chi connectivity index (χ4v) is 3.50. The van der Waals surface area contributed by atoms with Crippen LogP contribution in [0.5, 0.6) is 5.75 Å². The Kier molecular flexibility index (Phi) is 5.85. The summed E-state index contributed by atoms with van der Waals surface area (Å²) in [4.78, 5) is 19.3. The highest BCUT2D eigenvalue weighted by Gasteiger charge is 2.21. The van der Waals surface area contributed by atoms with Crippen LogP contribution < -0.4 is 10.2 Å². The molecular formula is C18H21NO4S. The first-order valence-corrected chi connectivity index (χ1v) is 8.99. The summed E-state index contributed by atoms with van der Waals surface area (Å²) in [6.07, 6.45) is 2.50. The zero-order valence-electron chi connectivity index (χ0n) is 13.6. The van der Waals surface area contributed by atoms with Gasteiger partial charge in [0.2, 0.25) is 0 Å². The van der Waals surface area contributed by atoms with Crippen molar-refractivity contribution in [1.82, 2.24) is 5.48 Å². The van der Waals surface area contributed by atoms with Gasteiger partial charge < -0.3 is 9.47 Å². The Hall–Kier alpha value is -1.89. The number of hydroxylamine groups is 1. The molecule has 0 radical (unpaired) electrons. The molecule has 0 aliphatic carbocycles. The number of hydrogen-bond acceptors (Lipinski definition) is 5. The average molecular weight is 347 g/mol. The number of rotatable bonds is 6. The summed E-state index contributed by atoms with van der Waals surface area (Å²) in [5, 5.41) is 0. The van der Waals surface area contributed by atoms with Gasteiger partial charge in [-0.05, 0) is 31.4 Å². The van der Waals surface area contributed by atoms with Crippen molar-refractivity contribution in [3.8, 4) is 16.2 Å². The molecule has 1 aromatic heterocycles. The fourth-order valence-electron chi connectivity index (χ4n) is 2.51. The highest BCUT2D eigenvalue weighted by molar-refractivity contribution is 7.17. The first kappa shape index (κ1) is 17.0. The Labute approximate surface area is 145 Å². The summed E-state index contributed by atoms with van der Waals surface area (Å²) in [6, 6.07) is 11.8. The van der Waals surface area contributed by atoms with Crippen LogP contribution in [0.15, 0.2) is 36.4 Å². The number of benzene rings is 1. The number of ether oxygens (including phenoxy) is 2. The minimum Gasteiger partial charge on any atom is -0.492 e. The molecule has 0 bridgehead atoms. The lowest BCUT2D eigenvalue weighted by atomic mass is 10.2. The second-order valence-electron chi connectivity index (χ2n) is 5.45. The summed E-state index contributed by atoms with van der Waals surface area (Å²) in [5.41, 5.74) is 3.55. The third kappa shape index (κ3) is 4.14. The van der Waals surface area contributed by atoms with Crippen LogP contribution in [0, 0.1) is 0 Å². The first-order valence-electron chi connectivity index (χ1n) is 8.17. The lowest BCUT2D eigenvalue weighted by Crippen LogP contribution is -2.32. The molecule has 1 N–H and O–H groups in total. The minimum absolute atomic E-state index is 0.306. The van der Waals surface area contributed by atoms with Gasteiger partial charge in [0.1, 0.15) is 10.6 Å². The minimum atomic E-state index is -0.369. The number of carbonyl (C=O) groups is 1. The van der Waals surface area contributed by atoms with Gasteiger partial charge in [-0.2, -0.15) is 0 Å². The van der Waals surface area contributed by atoms with Crippen molar-refractivity contribution >= 4 is 17.2 Å². The van der Waals surface area contributed by atoms with Gasteiger partial charge in [-0.1, -0.05) is 30.3 Å². The van der Waals surface area contributed by atoms with E-state index in [2.05, 4.69) is 5.48 Å². The molecule has 1 unspecified atom stereocenters. The van der Waals surface area contributed by atoms with E-state index in [0.717, 1.165) is 29.7 Å². The van der Waals surface area contributed by atoms with Crippen LogP contribution >= 0.6 is 11.3 Å². The maximum absolute atomic E-state index is 12.5. The van der Waals surface area contributed by atoms with Crippen LogP contribution in [-0.4, -0.2) is 25.4 Å². The van der Waals surface area contributed by atoms with Gasteiger partial charge in [0.05, 0.1) is 6.61 Å². The second kappa shape index (κ2) is 8.28. The van der Waals surface area contributed by atoms with Crippen molar-refractivity contribution in [2.75, 3.05) is 13.2 Å². The Balaban J connectivity index is 1.72. The summed E-state index contributed by atoms with van der Waals surface area (Å²) < 4.78 is 11.1. The maximum atomic E-state index is 12.5. The Morgan fingerprint density at radius 1 is 1.33 bits per heavy atom. The summed E-state index contributed by atoms with van der Waals surface area (Å²) in [5.74, 6) is 0.270. The van der Waals surface area contributed by atoms with Gasteiger partial charge in [-0.25, -0.2) is 10.3 Å². The summed E-state index contributed by atoms with van der Waals surface area (Å²) in [6.45, 7) is 3.06. The number of hydrogen-bond donors (Lipinski definition) is 1. The van der Waals surface area contributed by atoms with Crippen LogP contribution in [0.25, 0.3) is 10.4 Å². The molecule has 6 heteroatoms. The van der Waals surface area contributed by atoms with Crippen LogP contribution in [-0.2, 0) is 9.57 Å². The van der Waals surface area contributed by atoms with Crippen LogP contribution in [0.1, 0.15) is 35.9 Å². The van der Waals surface area contributed by atoms with Crippen molar-refractivity contribution in [3.05, 3.63) is 41.3 Å². The molecule has 24 heavy (non-hydrogen) atoms. The average Bonchev–Trinajstić information content (AvgIpc) is 3.06. The topological polar surface area (TPSA) is 56.8 Å². The van der Waals surface area contributed by atoms with Gasteiger partial charge in [-0.3, -0.25) is 4.79 Å². The predicted octanol–water partition coefficient (Wildman–Crippen LogP) is 4.00. The monoisotopic (exact) mass is 347 g/mol. The largest absolute Gasteiger partial charge is 0.492 e. The van der Waals surface area contributed by atoms with Gasteiger partial charge >= 0.3 is 0 Å². The Bertz CT molecular complexity index is 665. The van der Waals surface area contributed by atoms with Crippen LogP contribution in [0.2, 0.25) is 0 Å². The third-order valence-corrected chi connectivity index (χ3v) is 4.85. The van der Waals surface area contributed by atoms with E-state index in [-0.39, 0.29) is 12.2 Å². The highest BCUT2D eigenvalue weighted by Crippen LogP contribution is 2.36. The van der Waals surface area contributed by atoms with E-state index < -0.39 is 0 Å². The van der Waals surface area contributed by atoms with E-state index in [1.54, 1.807) is 0 Å². The maximum Gasteiger partial charge on any atom is 0.288 e. The lowest BCUT2D eigenvalue weighted by molar-refractivity contribution is -0.186. The number of amides is 1. The molecule has 2 aromatic rings. The van der Waals surface area contributed by atoms with Crippen molar-refractivity contribution in [3.63, 3.8) is 0 Å². The molecule has 3 rings (SSSR count). The molecule has 1 amide bonds. The lowest BCUT2D eigenvalue weighted by Gasteiger charge is -2.22. The van der Waals surface area contributed by atoms with E-state index in [1.165, 1.54) is 11.3 Å². The Morgan fingerprint density at radius 3 is 2.88 bits per heavy atom. The van der Waals surface area contributed by atoms with Gasteiger partial charge in [0.15, 0.2) is 6.29 Å². The van der Waals surface area contributed by atoms with E-state index in [9.17, 15) is 4.79 Å². The first-order chi connectivity index (χ1) is 11.8. The van der Waals surface area contributed by atoms with Crippen molar-refractivity contribution in [1.29, 1.82) is 0 Å². The number of thiophene rings is 1. The summed E-state index contributed by atoms with van der Waals surface area (Å²) in [7, 11) is 0. The predicted molar refractivity (Wildman–Crippen MR) is 93.1 cm³/mol. The van der Waals surface area contributed by atoms with E-state index in [4.69, 9.17) is 14.3 Å². The Morgan fingerprint density at radius 2 is 2.17 bits per heavy atom. The SMILES string of the molecule is CCOc1cc(-c2ccccc2)sc1C(=O)NOC1CCCCO1. The second-order valence-corrected chi connectivity index (χ2v) is 6.50. The fraction of sp³-hybridized carbons (Fsp3) is 0.389. The third-order valence-electron chi connectivity index (χ3n) is 3.68. The molecule has 1 atom stereocenters. The molecule has 1 saturated heterocycles. The smallest absolute Gasteiger partial charge is 0.288 e. The number of nitrogens with one attached hydrogen (secondary N) is 1. The van der Waals surface area contributed by atoms with Crippen molar-refractivity contribution < 1.29 is 19.1 Å². The molecule has 128 valence electrons. The van der Waals surface area contributed by atoms with Crippen LogP contribution in [0.4, 0.5) is 0 Å². The molecule has 1 aliphatic heterocycles. The molecule has 1 aliphatic rings. The van der Waals surface area contributed by atoms with E-state index >= 15 is 0 Å². The quantitative estimate of drug-likeness (QED) is 0.803.